The minimum absolute atomic E-state index is 0.0387. The first-order valence-electron chi connectivity index (χ1n) is 5.53. The predicted molar refractivity (Wildman–Crippen MR) is 66.3 cm³/mol. The van der Waals surface area contributed by atoms with Gasteiger partial charge in [-0.25, -0.2) is 4.79 Å². The molecule has 10 heteroatoms. The first kappa shape index (κ1) is 17.7. The van der Waals surface area contributed by atoms with Crippen LogP contribution in [0.3, 0.4) is 0 Å². The quantitative estimate of drug-likeness (QED) is 0.777. The van der Waals surface area contributed by atoms with Crippen LogP contribution in [0.25, 0.3) is 0 Å². The van der Waals surface area contributed by atoms with Gasteiger partial charge in [0.2, 0.25) is 0 Å². The van der Waals surface area contributed by atoms with Gasteiger partial charge in [0.25, 0.3) is 0 Å². The molecule has 1 aromatic carbocycles. The molecule has 2 N–H and O–H groups in total. The van der Waals surface area contributed by atoms with Gasteiger partial charge in [-0.05, 0) is 29.7 Å². The summed E-state index contributed by atoms with van der Waals surface area (Å²) in [6.45, 7) is -1.04. The molecule has 1 aromatic rings. The Morgan fingerprint density at radius 1 is 1.24 bits per heavy atom. The Balaban J connectivity index is 3.63. The number of carbonyl (C=O) groups is 1. The smallest absolute Gasteiger partial charge is 0.336 e. The molecular weight excluding hydrogens is 323 g/mol. The molecular formula is C11H13F5O4S. The largest absolute Gasteiger partial charge is 0.478 e. The number of carboxylic acids is 1. The fourth-order valence-corrected chi connectivity index (χ4v) is 2.46. The van der Waals surface area contributed by atoms with Gasteiger partial charge in [0, 0.05) is 7.11 Å². The lowest BCUT2D eigenvalue weighted by Gasteiger charge is -2.41. The van der Waals surface area contributed by atoms with E-state index in [1.165, 1.54) is 7.11 Å². The summed E-state index contributed by atoms with van der Waals surface area (Å²) in [5, 5.41) is 18.0. The second-order valence-corrected chi connectivity index (χ2v) is 6.69. The number of aliphatic hydroxyl groups is 1. The zero-order chi connectivity index (χ0) is 16.5. The highest BCUT2D eigenvalue weighted by molar-refractivity contribution is 8.45. The Kier molecular flexibility index (Phi) is 4.05. The molecule has 0 fully saturated rings. The average molecular weight is 336 g/mol. The van der Waals surface area contributed by atoms with Crippen LogP contribution in [0.1, 0.15) is 21.5 Å². The van der Waals surface area contributed by atoms with E-state index in [0.29, 0.717) is 0 Å². The highest BCUT2D eigenvalue weighted by Gasteiger charge is 2.65. The van der Waals surface area contributed by atoms with Crippen LogP contribution in [0.5, 0.6) is 0 Å². The lowest BCUT2D eigenvalue weighted by Crippen LogP contribution is -2.14. The maximum Gasteiger partial charge on any atom is 0.336 e. The Morgan fingerprint density at radius 2 is 1.81 bits per heavy atom. The molecule has 21 heavy (non-hydrogen) atoms. The Labute approximate surface area is 116 Å². The van der Waals surface area contributed by atoms with Crippen LogP contribution < -0.4 is 0 Å². The normalized spacial score (nSPS) is 15.4. The number of benzene rings is 1. The van der Waals surface area contributed by atoms with Gasteiger partial charge in [-0.2, -0.15) is 0 Å². The molecule has 0 spiro atoms. The lowest BCUT2D eigenvalue weighted by molar-refractivity contribution is 0.0694. The average Bonchev–Trinajstić information content (AvgIpc) is 2.32. The fraction of sp³-hybridized carbons (Fsp3) is 0.364. The number of methoxy groups -OCH3 is 1. The number of aliphatic hydroxyl groups excluding tert-OH is 1. The van der Waals surface area contributed by atoms with Gasteiger partial charge in [0.1, 0.15) is 4.90 Å². The molecule has 0 aliphatic carbocycles. The van der Waals surface area contributed by atoms with Crippen molar-refractivity contribution in [2.45, 2.75) is 17.9 Å². The summed E-state index contributed by atoms with van der Waals surface area (Å²) in [7, 11) is -8.75. The first-order valence-corrected chi connectivity index (χ1v) is 7.48. The third-order valence-electron chi connectivity index (χ3n) is 2.72. The monoisotopic (exact) mass is 336 g/mol. The van der Waals surface area contributed by atoms with Crippen molar-refractivity contribution in [1.29, 1.82) is 0 Å². The summed E-state index contributed by atoms with van der Waals surface area (Å²) < 4.78 is 68.6. The van der Waals surface area contributed by atoms with Crippen LogP contribution in [-0.4, -0.2) is 29.9 Å². The molecule has 0 saturated heterocycles. The van der Waals surface area contributed by atoms with Gasteiger partial charge in [-0.1, -0.05) is 19.4 Å². The molecule has 0 aromatic heterocycles. The minimum atomic E-state index is -10.0. The first-order chi connectivity index (χ1) is 9.30. The molecule has 0 heterocycles. The highest BCUT2D eigenvalue weighted by atomic mass is 32.5. The van der Waals surface area contributed by atoms with Crippen molar-refractivity contribution < 1.29 is 39.2 Å². The van der Waals surface area contributed by atoms with Crippen LogP contribution in [0, 0.1) is 0 Å². The Hall–Kier alpha value is -1.39. The van der Waals surface area contributed by atoms with Crippen molar-refractivity contribution >= 4 is 16.2 Å². The van der Waals surface area contributed by atoms with Crippen molar-refractivity contribution in [1.82, 2.24) is 0 Å². The second-order valence-electron chi connectivity index (χ2n) is 4.28. The summed E-state index contributed by atoms with van der Waals surface area (Å²) in [6.07, 6.45) is -0.130. The number of hydrogen-bond acceptors (Lipinski definition) is 3. The molecule has 0 saturated carbocycles. The van der Waals surface area contributed by atoms with E-state index >= 15 is 0 Å². The van der Waals surface area contributed by atoms with Gasteiger partial charge in [-0.3, -0.25) is 0 Å². The SMILES string of the molecule is COCCc1c(CO)cc(S(F)(F)(F)(F)F)cc1C(=O)O. The summed E-state index contributed by atoms with van der Waals surface area (Å²) >= 11 is 0. The fourth-order valence-electron chi connectivity index (χ4n) is 1.76. The van der Waals surface area contributed by atoms with Crippen LogP contribution in [0.15, 0.2) is 17.0 Å². The summed E-state index contributed by atoms with van der Waals surface area (Å²) in [5.41, 5.74) is -1.62. The van der Waals surface area contributed by atoms with Crippen LogP contribution >= 0.6 is 10.2 Å². The molecule has 0 aliphatic heterocycles. The maximum atomic E-state index is 12.8. The van der Waals surface area contributed by atoms with E-state index < -0.39 is 38.8 Å². The van der Waals surface area contributed by atoms with E-state index in [-0.39, 0.29) is 30.7 Å². The number of ether oxygens (including phenoxy) is 1. The van der Waals surface area contributed by atoms with Gasteiger partial charge in [-0.15, -0.1) is 0 Å². The van der Waals surface area contributed by atoms with Gasteiger partial charge in [0.15, 0.2) is 0 Å². The number of carboxylic acid groups (broad SMARTS) is 1. The number of rotatable bonds is 6. The third kappa shape index (κ3) is 4.29. The second kappa shape index (κ2) is 4.82. The summed E-state index contributed by atoms with van der Waals surface area (Å²) in [5.74, 6) is -1.79. The van der Waals surface area contributed by atoms with Crippen molar-refractivity contribution in [2.24, 2.45) is 0 Å². The highest BCUT2D eigenvalue weighted by Crippen LogP contribution is 3.02. The molecule has 1 rings (SSSR count). The predicted octanol–water partition coefficient (Wildman–Crippen LogP) is 3.72. The lowest BCUT2D eigenvalue weighted by atomic mass is 9.99. The summed E-state index contributed by atoms with van der Waals surface area (Å²) in [6, 6.07) is -0.0208. The number of hydrogen-bond donors (Lipinski definition) is 2. The molecule has 0 radical (unpaired) electrons. The Morgan fingerprint density at radius 3 is 2.19 bits per heavy atom. The van der Waals surface area contributed by atoms with Gasteiger partial charge < -0.3 is 14.9 Å². The van der Waals surface area contributed by atoms with E-state index in [0.717, 1.165) is 0 Å². The molecule has 0 aliphatic rings. The van der Waals surface area contributed by atoms with E-state index in [2.05, 4.69) is 4.74 Å². The van der Waals surface area contributed by atoms with E-state index in [1.807, 2.05) is 0 Å². The van der Waals surface area contributed by atoms with Crippen molar-refractivity contribution in [3.63, 3.8) is 0 Å². The molecule has 0 unspecified atom stereocenters. The van der Waals surface area contributed by atoms with Crippen molar-refractivity contribution in [3.8, 4) is 0 Å². The minimum Gasteiger partial charge on any atom is -0.478 e. The zero-order valence-corrected chi connectivity index (χ0v) is 11.6. The molecule has 0 atom stereocenters. The standard InChI is InChI=1S/C11H13F5O4S/c1-20-3-2-9-7(6-17)4-8(5-10(9)11(18)19)21(12,13,14,15)16/h4-5,17H,2-3,6H2,1H3,(H,18,19). The molecule has 0 bridgehead atoms. The Bertz CT molecular complexity index is 570. The number of aromatic carboxylic acids is 1. The number of halogens is 5. The molecule has 0 amide bonds. The molecule has 4 nitrogen and oxygen atoms in total. The van der Waals surface area contributed by atoms with E-state index in [1.54, 1.807) is 0 Å². The van der Waals surface area contributed by atoms with Gasteiger partial charge >= 0.3 is 16.2 Å². The van der Waals surface area contributed by atoms with E-state index in [9.17, 15) is 24.2 Å². The van der Waals surface area contributed by atoms with Crippen molar-refractivity contribution in [2.75, 3.05) is 13.7 Å². The third-order valence-corrected chi connectivity index (χ3v) is 3.84. The van der Waals surface area contributed by atoms with Crippen LogP contribution in [-0.2, 0) is 17.8 Å². The summed E-state index contributed by atoms with van der Waals surface area (Å²) in [4.78, 5) is 8.68. The van der Waals surface area contributed by atoms with Crippen LogP contribution in [0.4, 0.5) is 19.4 Å². The van der Waals surface area contributed by atoms with Gasteiger partial charge in [0.05, 0.1) is 18.8 Å². The van der Waals surface area contributed by atoms with Crippen LogP contribution in [0.2, 0.25) is 0 Å². The van der Waals surface area contributed by atoms with Crippen molar-refractivity contribution in [3.05, 3.63) is 28.8 Å². The molecule has 122 valence electrons. The zero-order valence-electron chi connectivity index (χ0n) is 10.8. The van der Waals surface area contributed by atoms with E-state index in [4.69, 9.17) is 10.2 Å². The maximum absolute atomic E-state index is 12.8. The topological polar surface area (TPSA) is 66.8 Å².